The van der Waals surface area contributed by atoms with Crippen molar-refractivity contribution in [1.82, 2.24) is 9.80 Å². The van der Waals surface area contributed by atoms with Crippen LogP contribution in [-0.4, -0.2) is 58.3 Å². The van der Waals surface area contributed by atoms with Gasteiger partial charge in [0.05, 0.1) is 5.69 Å². The second-order valence-electron chi connectivity index (χ2n) is 10.4. The Balaban J connectivity index is 1.37. The molecule has 6 rings (SSSR count). The first-order chi connectivity index (χ1) is 19.9. The lowest BCUT2D eigenvalue weighted by atomic mass is 10.0. The predicted molar refractivity (Wildman–Crippen MR) is 149 cm³/mol. The van der Waals surface area contributed by atoms with Crippen LogP contribution >= 0.6 is 0 Å². The maximum atomic E-state index is 14.1. The van der Waals surface area contributed by atoms with Gasteiger partial charge in [0.25, 0.3) is 5.91 Å². The topological polar surface area (TPSA) is 122 Å². The third-order valence-corrected chi connectivity index (χ3v) is 7.62. The van der Waals surface area contributed by atoms with Gasteiger partial charge in [-0.05, 0) is 61.2 Å². The van der Waals surface area contributed by atoms with Crippen molar-refractivity contribution in [3.63, 3.8) is 0 Å². The van der Waals surface area contributed by atoms with Gasteiger partial charge in [-0.3, -0.25) is 19.3 Å². The second kappa shape index (κ2) is 11.1. The molecule has 10 heteroatoms. The number of ether oxygens (including phenoxy) is 2. The van der Waals surface area contributed by atoms with E-state index in [1.54, 1.807) is 53.4 Å². The van der Waals surface area contributed by atoms with Crippen molar-refractivity contribution in [2.24, 2.45) is 5.84 Å². The highest BCUT2D eigenvalue weighted by Crippen LogP contribution is 2.35. The molecule has 3 aromatic carbocycles. The molecule has 2 atom stereocenters. The molecule has 0 bridgehead atoms. The van der Waals surface area contributed by atoms with Gasteiger partial charge < -0.3 is 14.4 Å². The average molecular weight is 555 g/mol. The molecular formula is C31H30N4O6. The van der Waals surface area contributed by atoms with E-state index < -0.39 is 30.1 Å². The van der Waals surface area contributed by atoms with Gasteiger partial charge in [-0.2, -0.15) is 0 Å². The molecule has 2 aliphatic heterocycles. The van der Waals surface area contributed by atoms with Crippen LogP contribution in [0.2, 0.25) is 0 Å². The molecule has 3 aromatic rings. The Hall–Kier alpha value is -4.70. The fraction of sp³-hybridized carbons (Fsp3) is 0.290. The van der Waals surface area contributed by atoms with Gasteiger partial charge in [-0.25, -0.2) is 15.6 Å². The number of amides is 3. The van der Waals surface area contributed by atoms with Gasteiger partial charge in [-0.15, -0.1) is 0 Å². The number of nitrogens with two attached hydrogens (primary N) is 1. The van der Waals surface area contributed by atoms with E-state index in [4.69, 9.17) is 15.3 Å². The largest absolute Gasteiger partial charge is 0.457 e. The van der Waals surface area contributed by atoms with Crippen molar-refractivity contribution in [2.75, 3.05) is 11.6 Å². The summed E-state index contributed by atoms with van der Waals surface area (Å²) in [5.74, 6) is 4.60. The quantitative estimate of drug-likeness (QED) is 0.222. The number of anilines is 1. The fourth-order valence-electron chi connectivity index (χ4n) is 5.44. The van der Waals surface area contributed by atoms with Crippen molar-refractivity contribution in [3.05, 3.63) is 90.0 Å². The van der Waals surface area contributed by atoms with Gasteiger partial charge in [0.15, 0.2) is 6.23 Å². The number of hydrazine groups is 1. The minimum atomic E-state index is -1.01. The molecule has 41 heavy (non-hydrogen) atoms. The molecule has 3 aliphatic rings. The minimum absolute atomic E-state index is 0.0549. The first-order valence-corrected chi connectivity index (χ1v) is 13.7. The van der Waals surface area contributed by atoms with E-state index in [0.717, 1.165) is 17.9 Å². The fourth-order valence-corrected chi connectivity index (χ4v) is 5.44. The van der Waals surface area contributed by atoms with E-state index in [9.17, 15) is 19.2 Å². The van der Waals surface area contributed by atoms with Gasteiger partial charge in [0.2, 0.25) is 0 Å². The number of hydrogen-bond acceptors (Lipinski definition) is 7. The van der Waals surface area contributed by atoms with Crippen LogP contribution in [-0.2, 0) is 25.5 Å². The number of fused-ring (bicyclic) bond motifs is 2. The maximum absolute atomic E-state index is 14.1. The molecule has 2 unspecified atom stereocenters. The summed E-state index contributed by atoms with van der Waals surface area (Å²) in [7, 11) is 0. The summed E-state index contributed by atoms with van der Waals surface area (Å²) in [5.41, 5.74) is 1.21. The normalized spacial score (nSPS) is 21.0. The zero-order valence-electron chi connectivity index (χ0n) is 22.3. The SMILES string of the molecule is NN1C(=O)C(=O)N2CCCC2OC(=O)C(N(C(=O)c2cccc(Oc3ccccc3)c2)C2CC2)Cc2ccccc21. The molecule has 2 fully saturated rings. The second-order valence-corrected chi connectivity index (χ2v) is 10.4. The lowest BCUT2D eigenvalue weighted by molar-refractivity contribution is -0.167. The van der Waals surface area contributed by atoms with Gasteiger partial charge >= 0.3 is 17.8 Å². The summed E-state index contributed by atoms with van der Waals surface area (Å²) in [5, 5.41) is 0.827. The Morgan fingerprint density at radius 1 is 0.878 bits per heavy atom. The third kappa shape index (κ3) is 5.38. The molecule has 1 aliphatic carbocycles. The molecule has 2 N–H and O–H groups in total. The highest BCUT2D eigenvalue weighted by molar-refractivity contribution is 6.40. The summed E-state index contributed by atoms with van der Waals surface area (Å²) >= 11 is 0. The van der Waals surface area contributed by atoms with E-state index in [-0.39, 0.29) is 24.9 Å². The average Bonchev–Trinajstić information content (AvgIpc) is 3.73. The monoisotopic (exact) mass is 554 g/mol. The first-order valence-electron chi connectivity index (χ1n) is 13.7. The van der Waals surface area contributed by atoms with Gasteiger partial charge in [0.1, 0.15) is 17.5 Å². The van der Waals surface area contributed by atoms with Crippen molar-refractivity contribution >= 4 is 29.4 Å². The van der Waals surface area contributed by atoms with Crippen molar-refractivity contribution < 1.29 is 28.7 Å². The molecule has 2 heterocycles. The Kier molecular flexibility index (Phi) is 7.15. The van der Waals surface area contributed by atoms with Crippen LogP contribution in [0.25, 0.3) is 0 Å². The Bertz CT molecular complexity index is 1490. The number of nitrogens with zero attached hydrogens (tertiary/aromatic N) is 3. The minimum Gasteiger partial charge on any atom is -0.457 e. The van der Waals surface area contributed by atoms with Crippen LogP contribution in [0, 0.1) is 0 Å². The Morgan fingerprint density at radius 2 is 1.61 bits per heavy atom. The van der Waals surface area contributed by atoms with Crippen molar-refractivity contribution in [2.45, 2.75) is 50.4 Å². The van der Waals surface area contributed by atoms with Crippen LogP contribution in [0.5, 0.6) is 11.5 Å². The lowest BCUT2D eigenvalue weighted by Gasteiger charge is -2.32. The number of carbonyl (C=O) groups is 4. The first kappa shape index (κ1) is 26.5. The van der Waals surface area contributed by atoms with E-state index >= 15 is 0 Å². The number of benzene rings is 3. The van der Waals surface area contributed by atoms with Crippen LogP contribution in [0.4, 0.5) is 5.69 Å². The van der Waals surface area contributed by atoms with Crippen LogP contribution in [0.1, 0.15) is 41.6 Å². The number of esters is 1. The molecule has 0 spiro atoms. The Labute approximate surface area is 237 Å². The number of carbonyl (C=O) groups excluding carboxylic acids is 4. The zero-order chi connectivity index (χ0) is 28.5. The summed E-state index contributed by atoms with van der Waals surface area (Å²) < 4.78 is 11.8. The summed E-state index contributed by atoms with van der Waals surface area (Å²) in [4.78, 5) is 56.9. The molecule has 0 radical (unpaired) electrons. The number of hydrogen-bond donors (Lipinski definition) is 1. The molecule has 1 saturated carbocycles. The molecule has 10 nitrogen and oxygen atoms in total. The van der Waals surface area contributed by atoms with Gasteiger partial charge in [0, 0.05) is 31.0 Å². The summed E-state index contributed by atoms with van der Waals surface area (Å²) in [6.45, 7) is 0.266. The van der Waals surface area contributed by atoms with Crippen molar-refractivity contribution in [3.8, 4) is 11.5 Å². The molecule has 3 amide bonds. The van der Waals surface area contributed by atoms with Crippen LogP contribution in [0.15, 0.2) is 78.9 Å². The summed E-state index contributed by atoms with van der Waals surface area (Å²) in [6.07, 6.45) is 1.60. The van der Waals surface area contributed by atoms with E-state index in [1.807, 2.05) is 30.3 Å². The molecule has 210 valence electrons. The zero-order valence-corrected chi connectivity index (χ0v) is 22.3. The van der Waals surface area contributed by atoms with Crippen LogP contribution < -0.4 is 15.6 Å². The standard InChI is InChI=1S/C31H30N4O6/c32-35-25-13-5-4-8-20(25)19-26(31(39)41-27-14-7-17-33(27)29(37)30(35)38)34(22-15-16-22)28(36)21-9-6-12-24(18-21)40-23-10-2-1-3-11-23/h1-6,8-13,18,22,26-27H,7,14-17,19,32H2. The highest BCUT2D eigenvalue weighted by Gasteiger charge is 2.45. The van der Waals surface area contributed by atoms with Crippen molar-refractivity contribution in [1.29, 1.82) is 0 Å². The maximum Gasteiger partial charge on any atom is 0.331 e. The smallest absolute Gasteiger partial charge is 0.331 e. The molecule has 1 saturated heterocycles. The number of para-hydroxylation sites is 2. The van der Waals surface area contributed by atoms with E-state index in [2.05, 4.69) is 0 Å². The van der Waals surface area contributed by atoms with Gasteiger partial charge in [-0.1, -0.05) is 42.5 Å². The number of rotatable bonds is 5. The third-order valence-electron chi connectivity index (χ3n) is 7.62. The van der Waals surface area contributed by atoms with E-state index in [0.29, 0.717) is 41.2 Å². The lowest BCUT2D eigenvalue weighted by Crippen LogP contribution is -2.52. The highest BCUT2D eigenvalue weighted by atomic mass is 16.6. The molecular weight excluding hydrogens is 524 g/mol. The predicted octanol–water partition coefficient (Wildman–Crippen LogP) is 3.41. The Morgan fingerprint density at radius 3 is 2.39 bits per heavy atom. The molecule has 0 aromatic heterocycles. The van der Waals surface area contributed by atoms with E-state index in [1.165, 1.54) is 4.90 Å². The van der Waals surface area contributed by atoms with Crippen LogP contribution in [0.3, 0.4) is 0 Å². The summed E-state index contributed by atoms with van der Waals surface area (Å²) in [6, 6.07) is 21.8.